The van der Waals surface area contributed by atoms with Gasteiger partial charge in [0.25, 0.3) is 0 Å². The number of carbonyl (C=O) groups excluding carboxylic acids is 1. The predicted octanol–water partition coefficient (Wildman–Crippen LogP) is 2.38. The summed E-state index contributed by atoms with van der Waals surface area (Å²) in [5.74, 6) is 0. The highest BCUT2D eigenvalue weighted by atomic mass is 16.5. The van der Waals surface area contributed by atoms with Gasteiger partial charge in [0.15, 0.2) is 0 Å². The number of nitrogens with zero attached hydrogens (tertiary/aromatic N) is 2. The number of piperidine rings is 1. The molecule has 0 unspecified atom stereocenters. The molecule has 0 aliphatic carbocycles. The standard InChI is InChI=1S/C15H18N2O2/c1-2-19-14-5-7-17(8-6-14)15-4-3-12(11-18)9-13(15)10-16/h3-4,9,11,14H,2,5-8H2,1H3. The zero-order chi connectivity index (χ0) is 13.7. The fraction of sp³-hybridized carbons (Fsp3) is 0.467. The van der Waals surface area contributed by atoms with Gasteiger partial charge in [-0.05, 0) is 38.0 Å². The molecular formula is C15H18N2O2. The van der Waals surface area contributed by atoms with Crippen LogP contribution in [0.15, 0.2) is 18.2 Å². The maximum atomic E-state index is 10.7. The van der Waals surface area contributed by atoms with E-state index in [-0.39, 0.29) is 0 Å². The van der Waals surface area contributed by atoms with E-state index < -0.39 is 0 Å². The van der Waals surface area contributed by atoms with Gasteiger partial charge >= 0.3 is 0 Å². The third-order valence-electron chi connectivity index (χ3n) is 3.46. The fourth-order valence-electron chi connectivity index (χ4n) is 2.49. The van der Waals surface area contributed by atoms with Crippen molar-refractivity contribution < 1.29 is 9.53 Å². The number of aldehydes is 1. The van der Waals surface area contributed by atoms with Crippen molar-refractivity contribution in [3.8, 4) is 6.07 Å². The van der Waals surface area contributed by atoms with E-state index in [1.807, 2.05) is 13.0 Å². The fourth-order valence-corrected chi connectivity index (χ4v) is 2.49. The van der Waals surface area contributed by atoms with Gasteiger partial charge in [0, 0.05) is 25.3 Å². The molecule has 1 saturated heterocycles. The van der Waals surface area contributed by atoms with Crippen LogP contribution in [0.2, 0.25) is 0 Å². The summed E-state index contributed by atoms with van der Waals surface area (Å²) >= 11 is 0. The van der Waals surface area contributed by atoms with Crippen molar-refractivity contribution in [3.05, 3.63) is 29.3 Å². The highest BCUT2D eigenvalue weighted by Gasteiger charge is 2.21. The molecule has 1 fully saturated rings. The lowest BCUT2D eigenvalue weighted by molar-refractivity contribution is 0.0459. The lowest BCUT2D eigenvalue weighted by Crippen LogP contribution is -2.37. The van der Waals surface area contributed by atoms with Gasteiger partial charge in [0.05, 0.1) is 17.4 Å². The molecule has 0 atom stereocenters. The van der Waals surface area contributed by atoms with Gasteiger partial charge in [-0.15, -0.1) is 0 Å². The summed E-state index contributed by atoms with van der Waals surface area (Å²) < 4.78 is 5.62. The third-order valence-corrected chi connectivity index (χ3v) is 3.46. The second kappa shape index (κ2) is 6.35. The van der Waals surface area contributed by atoms with E-state index in [0.717, 1.165) is 44.5 Å². The molecule has 1 aromatic rings. The molecule has 0 amide bonds. The highest BCUT2D eigenvalue weighted by Crippen LogP contribution is 2.25. The second-order valence-corrected chi connectivity index (χ2v) is 4.65. The van der Waals surface area contributed by atoms with Gasteiger partial charge in [-0.3, -0.25) is 4.79 Å². The summed E-state index contributed by atoms with van der Waals surface area (Å²) in [6.07, 6.45) is 3.06. The van der Waals surface area contributed by atoms with Crippen LogP contribution in [0.3, 0.4) is 0 Å². The Balaban J connectivity index is 2.11. The molecule has 4 nitrogen and oxygen atoms in total. The maximum Gasteiger partial charge on any atom is 0.150 e. The normalized spacial score (nSPS) is 16.1. The molecule has 0 bridgehead atoms. The van der Waals surface area contributed by atoms with Crippen LogP contribution < -0.4 is 4.90 Å². The van der Waals surface area contributed by atoms with Crippen LogP contribution in [0.4, 0.5) is 5.69 Å². The average molecular weight is 258 g/mol. The van der Waals surface area contributed by atoms with Gasteiger partial charge in [0.2, 0.25) is 0 Å². The molecular weight excluding hydrogens is 240 g/mol. The van der Waals surface area contributed by atoms with Gasteiger partial charge in [-0.2, -0.15) is 5.26 Å². The van der Waals surface area contributed by atoms with E-state index in [2.05, 4.69) is 11.0 Å². The summed E-state index contributed by atoms with van der Waals surface area (Å²) in [5.41, 5.74) is 2.03. The van der Waals surface area contributed by atoms with Crippen LogP contribution in [0.25, 0.3) is 0 Å². The zero-order valence-electron chi connectivity index (χ0n) is 11.1. The summed E-state index contributed by atoms with van der Waals surface area (Å²) in [7, 11) is 0. The van der Waals surface area contributed by atoms with E-state index >= 15 is 0 Å². The molecule has 1 heterocycles. The van der Waals surface area contributed by atoms with Crippen LogP contribution in [-0.2, 0) is 4.74 Å². The van der Waals surface area contributed by atoms with Gasteiger partial charge in [0.1, 0.15) is 12.4 Å². The molecule has 0 radical (unpaired) electrons. The number of nitriles is 1. The van der Waals surface area contributed by atoms with E-state index in [1.54, 1.807) is 12.1 Å². The van der Waals surface area contributed by atoms with Crippen molar-refractivity contribution in [3.63, 3.8) is 0 Å². The van der Waals surface area contributed by atoms with Crippen molar-refractivity contribution in [2.75, 3.05) is 24.6 Å². The molecule has 1 aromatic carbocycles. The number of carbonyl (C=O) groups is 1. The van der Waals surface area contributed by atoms with Crippen molar-refractivity contribution in [1.82, 2.24) is 0 Å². The quantitative estimate of drug-likeness (QED) is 0.778. The lowest BCUT2D eigenvalue weighted by Gasteiger charge is -2.33. The van der Waals surface area contributed by atoms with Crippen molar-refractivity contribution in [2.45, 2.75) is 25.9 Å². The Bertz CT molecular complexity index is 485. The molecule has 0 saturated carbocycles. The number of benzene rings is 1. The minimum Gasteiger partial charge on any atom is -0.378 e. The minimum atomic E-state index is 0.334. The van der Waals surface area contributed by atoms with E-state index in [9.17, 15) is 10.1 Å². The number of hydrogen-bond donors (Lipinski definition) is 0. The second-order valence-electron chi connectivity index (χ2n) is 4.65. The van der Waals surface area contributed by atoms with Crippen molar-refractivity contribution in [2.24, 2.45) is 0 Å². The Hall–Kier alpha value is -1.86. The van der Waals surface area contributed by atoms with Crippen LogP contribution in [0, 0.1) is 11.3 Å². The first-order chi connectivity index (χ1) is 9.28. The minimum absolute atomic E-state index is 0.334. The number of ether oxygens (including phenoxy) is 1. The summed E-state index contributed by atoms with van der Waals surface area (Å²) in [6.45, 7) is 4.54. The van der Waals surface area contributed by atoms with Gasteiger partial charge < -0.3 is 9.64 Å². The molecule has 100 valence electrons. The highest BCUT2D eigenvalue weighted by molar-refractivity contribution is 5.78. The smallest absolute Gasteiger partial charge is 0.150 e. The monoisotopic (exact) mass is 258 g/mol. The Labute approximate surface area is 113 Å². The largest absolute Gasteiger partial charge is 0.378 e. The molecule has 19 heavy (non-hydrogen) atoms. The Morgan fingerprint density at radius 1 is 1.47 bits per heavy atom. The van der Waals surface area contributed by atoms with Crippen molar-refractivity contribution >= 4 is 12.0 Å². The summed E-state index contributed by atoms with van der Waals surface area (Å²) in [6, 6.07) is 7.45. The molecule has 0 spiro atoms. The topological polar surface area (TPSA) is 53.3 Å². The summed E-state index contributed by atoms with van der Waals surface area (Å²) in [5, 5.41) is 9.19. The van der Waals surface area contributed by atoms with Crippen LogP contribution >= 0.6 is 0 Å². The van der Waals surface area contributed by atoms with Crippen LogP contribution in [-0.4, -0.2) is 32.1 Å². The summed E-state index contributed by atoms with van der Waals surface area (Å²) in [4.78, 5) is 12.9. The van der Waals surface area contributed by atoms with Crippen LogP contribution in [0.1, 0.15) is 35.7 Å². The number of hydrogen-bond acceptors (Lipinski definition) is 4. The number of anilines is 1. The van der Waals surface area contributed by atoms with Gasteiger partial charge in [-0.1, -0.05) is 0 Å². The van der Waals surface area contributed by atoms with E-state index in [4.69, 9.17) is 4.74 Å². The molecule has 1 aliphatic rings. The predicted molar refractivity (Wildman–Crippen MR) is 73.4 cm³/mol. The maximum absolute atomic E-state index is 10.7. The third kappa shape index (κ3) is 3.12. The zero-order valence-corrected chi connectivity index (χ0v) is 11.1. The van der Waals surface area contributed by atoms with Crippen LogP contribution in [0.5, 0.6) is 0 Å². The average Bonchev–Trinajstić information content (AvgIpc) is 2.48. The lowest BCUT2D eigenvalue weighted by atomic mass is 10.0. The molecule has 4 heteroatoms. The Morgan fingerprint density at radius 2 is 2.21 bits per heavy atom. The molecule has 2 rings (SSSR count). The molecule has 0 N–H and O–H groups in total. The van der Waals surface area contributed by atoms with Gasteiger partial charge in [-0.25, -0.2) is 0 Å². The van der Waals surface area contributed by atoms with E-state index in [1.165, 1.54) is 0 Å². The van der Waals surface area contributed by atoms with E-state index in [0.29, 0.717) is 17.2 Å². The first kappa shape index (κ1) is 13.6. The molecule has 0 aromatic heterocycles. The SMILES string of the molecule is CCOC1CCN(c2ccc(C=O)cc2C#N)CC1. The Morgan fingerprint density at radius 3 is 2.79 bits per heavy atom. The number of rotatable bonds is 4. The first-order valence-electron chi connectivity index (χ1n) is 6.64. The molecule has 1 aliphatic heterocycles. The first-order valence-corrected chi connectivity index (χ1v) is 6.64. The Kier molecular flexibility index (Phi) is 4.53. The van der Waals surface area contributed by atoms with Crippen molar-refractivity contribution in [1.29, 1.82) is 5.26 Å².